The Morgan fingerprint density at radius 1 is 0.697 bits per heavy atom. The van der Waals surface area contributed by atoms with Crippen molar-refractivity contribution in [2.24, 2.45) is 0 Å². The van der Waals surface area contributed by atoms with E-state index in [-0.39, 0.29) is 28.3 Å². The van der Waals surface area contributed by atoms with Crippen LogP contribution in [0, 0.1) is 0 Å². The number of carbonyl (C=O) groups is 2. The molecule has 0 aliphatic carbocycles. The summed E-state index contributed by atoms with van der Waals surface area (Å²) in [6.45, 7) is 0. The molecule has 4 N–H and O–H groups in total. The molecule has 0 spiro atoms. The van der Waals surface area contributed by atoms with Gasteiger partial charge in [-0.2, -0.15) is 0 Å². The smallest absolute Gasteiger partial charge is 0.490 e. The van der Waals surface area contributed by atoms with Crippen molar-refractivity contribution in [3.63, 3.8) is 0 Å². The Labute approximate surface area is 189 Å². The molecule has 0 saturated carbocycles. The number of benzene rings is 3. The summed E-state index contributed by atoms with van der Waals surface area (Å²) in [5.74, 6) is 1.65. The minimum Gasteiger partial charge on any atom is -0.497 e. The molecule has 0 aromatic heterocycles. The molecule has 0 fully saturated rings. The molecular formula is C22H21BN2O8. The van der Waals surface area contributed by atoms with Crippen LogP contribution in [0.5, 0.6) is 23.0 Å². The summed E-state index contributed by atoms with van der Waals surface area (Å²) in [5, 5.41) is 24.3. The zero-order valence-electron chi connectivity index (χ0n) is 17.8. The van der Waals surface area contributed by atoms with Crippen LogP contribution >= 0.6 is 0 Å². The van der Waals surface area contributed by atoms with Gasteiger partial charge < -0.3 is 29.0 Å². The van der Waals surface area contributed by atoms with Crippen LogP contribution in [0.1, 0.15) is 0 Å². The highest BCUT2D eigenvalue weighted by Crippen LogP contribution is 2.23. The number of hydrogen-bond donors (Lipinski definition) is 4. The molecule has 0 radical (unpaired) electrons. The number of amides is 2. The first-order valence-electron chi connectivity index (χ1n) is 9.64. The SMILES string of the molecule is COc1ccc(OC(=O)Nc2cccc(B(O)O)c2NC(=O)Oc2ccc(OC)cc2)cc1. The Hall–Kier alpha value is -4.22. The van der Waals surface area contributed by atoms with Gasteiger partial charge in [0.15, 0.2) is 0 Å². The monoisotopic (exact) mass is 452 g/mol. The number of hydrogen-bond acceptors (Lipinski definition) is 8. The number of para-hydroxylation sites is 1. The Bertz CT molecular complexity index is 1100. The maximum absolute atomic E-state index is 12.4. The first-order chi connectivity index (χ1) is 15.9. The quantitative estimate of drug-likeness (QED) is 0.402. The van der Waals surface area contributed by atoms with Gasteiger partial charge in [0.05, 0.1) is 25.6 Å². The molecule has 0 aliphatic heterocycles. The number of methoxy groups -OCH3 is 2. The van der Waals surface area contributed by atoms with Gasteiger partial charge in [0.1, 0.15) is 23.0 Å². The van der Waals surface area contributed by atoms with Gasteiger partial charge in [-0.15, -0.1) is 0 Å². The van der Waals surface area contributed by atoms with Crippen molar-refractivity contribution in [3.8, 4) is 23.0 Å². The predicted molar refractivity (Wildman–Crippen MR) is 122 cm³/mol. The van der Waals surface area contributed by atoms with E-state index in [0.717, 1.165) is 0 Å². The van der Waals surface area contributed by atoms with Crippen LogP contribution in [0.2, 0.25) is 0 Å². The number of nitrogens with one attached hydrogen (secondary N) is 2. The Morgan fingerprint density at radius 2 is 1.15 bits per heavy atom. The fourth-order valence-electron chi connectivity index (χ4n) is 2.79. The molecule has 2 amide bonds. The summed E-state index contributed by atoms with van der Waals surface area (Å²) in [7, 11) is 1.09. The molecule has 0 aliphatic rings. The highest BCUT2D eigenvalue weighted by molar-refractivity contribution is 6.61. The predicted octanol–water partition coefficient (Wildman–Crippen LogP) is 2.61. The third-order valence-electron chi connectivity index (χ3n) is 4.38. The van der Waals surface area contributed by atoms with Gasteiger partial charge in [0.25, 0.3) is 0 Å². The summed E-state index contributed by atoms with van der Waals surface area (Å²) in [5.41, 5.74) is -0.0765. The van der Waals surface area contributed by atoms with Crippen LogP contribution in [0.25, 0.3) is 0 Å². The van der Waals surface area contributed by atoms with E-state index in [1.54, 1.807) is 24.3 Å². The van der Waals surface area contributed by atoms with Gasteiger partial charge in [-0.1, -0.05) is 12.1 Å². The molecule has 10 nitrogen and oxygen atoms in total. The van der Waals surface area contributed by atoms with Crippen molar-refractivity contribution in [1.29, 1.82) is 0 Å². The van der Waals surface area contributed by atoms with Gasteiger partial charge in [-0.3, -0.25) is 10.6 Å². The van der Waals surface area contributed by atoms with E-state index < -0.39 is 19.3 Å². The Balaban J connectivity index is 1.75. The van der Waals surface area contributed by atoms with Crippen LogP contribution in [0.3, 0.4) is 0 Å². The maximum atomic E-state index is 12.4. The molecule has 11 heteroatoms. The molecule has 0 unspecified atom stereocenters. The molecule has 0 heterocycles. The number of ether oxygens (including phenoxy) is 4. The van der Waals surface area contributed by atoms with E-state index in [0.29, 0.717) is 11.5 Å². The lowest BCUT2D eigenvalue weighted by atomic mass is 9.78. The molecule has 0 atom stereocenters. The third-order valence-corrected chi connectivity index (χ3v) is 4.38. The average Bonchev–Trinajstić information content (AvgIpc) is 2.81. The van der Waals surface area contributed by atoms with Crippen LogP contribution in [-0.2, 0) is 0 Å². The number of carbonyl (C=O) groups excluding carboxylic acids is 2. The van der Waals surface area contributed by atoms with Gasteiger partial charge in [0.2, 0.25) is 0 Å². The fraction of sp³-hybridized carbons (Fsp3) is 0.0909. The number of rotatable bonds is 7. The molecule has 33 heavy (non-hydrogen) atoms. The van der Waals surface area contributed by atoms with Crippen molar-refractivity contribution < 1.29 is 38.6 Å². The second-order valence-corrected chi connectivity index (χ2v) is 6.52. The van der Waals surface area contributed by atoms with Crippen molar-refractivity contribution in [2.75, 3.05) is 24.9 Å². The largest absolute Gasteiger partial charge is 0.497 e. The fourth-order valence-corrected chi connectivity index (χ4v) is 2.79. The van der Waals surface area contributed by atoms with Crippen molar-refractivity contribution in [3.05, 3.63) is 66.7 Å². The van der Waals surface area contributed by atoms with Gasteiger partial charge >= 0.3 is 19.3 Å². The maximum Gasteiger partial charge on any atom is 0.490 e. The van der Waals surface area contributed by atoms with Crippen molar-refractivity contribution in [2.45, 2.75) is 0 Å². The van der Waals surface area contributed by atoms with E-state index in [1.807, 2.05) is 0 Å². The van der Waals surface area contributed by atoms with E-state index in [9.17, 15) is 19.6 Å². The van der Waals surface area contributed by atoms with E-state index in [1.165, 1.54) is 56.7 Å². The van der Waals surface area contributed by atoms with Crippen LogP contribution in [0.15, 0.2) is 66.7 Å². The number of anilines is 2. The average molecular weight is 452 g/mol. The first kappa shape index (κ1) is 23.4. The van der Waals surface area contributed by atoms with Crippen molar-refractivity contribution in [1.82, 2.24) is 0 Å². The van der Waals surface area contributed by atoms with Crippen molar-refractivity contribution >= 4 is 36.1 Å². The van der Waals surface area contributed by atoms with E-state index in [4.69, 9.17) is 18.9 Å². The lowest BCUT2D eigenvalue weighted by Crippen LogP contribution is -2.35. The zero-order valence-corrected chi connectivity index (χ0v) is 17.8. The van der Waals surface area contributed by atoms with E-state index >= 15 is 0 Å². The Kier molecular flexibility index (Phi) is 7.74. The second-order valence-electron chi connectivity index (χ2n) is 6.52. The molecule has 3 aromatic carbocycles. The molecule has 170 valence electrons. The third kappa shape index (κ3) is 6.39. The van der Waals surface area contributed by atoms with Gasteiger partial charge in [-0.05, 0) is 54.6 Å². The first-order valence-corrected chi connectivity index (χ1v) is 9.64. The van der Waals surface area contributed by atoms with Gasteiger partial charge in [0, 0.05) is 5.46 Å². The summed E-state index contributed by atoms with van der Waals surface area (Å²) in [6, 6.07) is 16.9. The van der Waals surface area contributed by atoms with Crippen LogP contribution in [-0.4, -0.2) is 43.6 Å². The minimum atomic E-state index is -1.93. The zero-order chi connectivity index (χ0) is 23.8. The van der Waals surface area contributed by atoms with Gasteiger partial charge in [-0.25, -0.2) is 9.59 Å². The molecule has 3 aromatic rings. The standard InChI is InChI=1S/C22H21BN2O8/c1-30-14-6-10-16(11-7-14)32-21(26)24-19-5-3-4-18(23(28)29)20(19)25-22(27)33-17-12-8-15(31-2)9-13-17/h3-13,28-29H,1-2H3,(H,24,26)(H,25,27). The summed E-state index contributed by atoms with van der Waals surface area (Å²) < 4.78 is 20.5. The summed E-state index contributed by atoms with van der Waals surface area (Å²) >= 11 is 0. The normalized spacial score (nSPS) is 10.1. The summed E-state index contributed by atoms with van der Waals surface area (Å²) in [6.07, 6.45) is -1.78. The minimum absolute atomic E-state index is 0.0609. The lowest BCUT2D eigenvalue weighted by molar-refractivity contribution is 0.213. The lowest BCUT2D eigenvalue weighted by Gasteiger charge is -2.16. The second kappa shape index (κ2) is 10.9. The highest BCUT2D eigenvalue weighted by Gasteiger charge is 2.22. The van der Waals surface area contributed by atoms with Crippen LogP contribution < -0.4 is 35.0 Å². The highest BCUT2D eigenvalue weighted by atomic mass is 16.6. The molecule has 0 bridgehead atoms. The summed E-state index contributed by atoms with van der Waals surface area (Å²) in [4.78, 5) is 24.8. The Morgan fingerprint density at radius 3 is 1.61 bits per heavy atom. The van der Waals surface area contributed by atoms with Crippen LogP contribution in [0.4, 0.5) is 21.0 Å². The topological polar surface area (TPSA) is 136 Å². The van der Waals surface area contributed by atoms with E-state index in [2.05, 4.69) is 10.6 Å². The molecule has 0 saturated heterocycles. The molecular weight excluding hydrogens is 431 g/mol. The molecule has 3 rings (SSSR count).